The van der Waals surface area contributed by atoms with E-state index >= 15 is 0 Å². The second-order valence-electron chi connectivity index (χ2n) is 12.5. The quantitative estimate of drug-likeness (QED) is 0.627. The molecule has 2 heterocycles. The minimum absolute atomic E-state index is 0.0183. The van der Waals surface area contributed by atoms with Crippen molar-refractivity contribution in [2.24, 2.45) is 27.6 Å². The van der Waals surface area contributed by atoms with Crippen molar-refractivity contribution in [3.8, 4) is 0 Å². The average molecular weight is 379 g/mol. The number of hydrogen-bond acceptors (Lipinski definition) is 4. The van der Waals surface area contributed by atoms with Crippen LogP contribution in [-0.2, 0) is 19.1 Å². The summed E-state index contributed by atoms with van der Waals surface area (Å²) in [6.45, 7) is 17.2. The Morgan fingerprint density at radius 3 is 2.26 bits per heavy atom. The van der Waals surface area contributed by atoms with Gasteiger partial charge in [-0.3, -0.25) is 9.59 Å². The normalized spacial score (nSPS) is 38.1. The van der Waals surface area contributed by atoms with Crippen molar-refractivity contribution in [2.45, 2.75) is 106 Å². The second-order valence-corrected chi connectivity index (χ2v) is 12.5. The van der Waals surface area contributed by atoms with Gasteiger partial charge >= 0.3 is 11.9 Å². The van der Waals surface area contributed by atoms with Crippen molar-refractivity contribution >= 4 is 11.9 Å². The molecule has 0 N–H and O–H groups in total. The van der Waals surface area contributed by atoms with E-state index in [-0.39, 0.29) is 40.2 Å². The number of carbonyl (C=O) groups excluding carboxylic acids is 2. The average Bonchev–Trinajstić information content (AvgIpc) is 2.55. The van der Waals surface area contributed by atoms with Crippen molar-refractivity contribution in [2.75, 3.05) is 0 Å². The van der Waals surface area contributed by atoms with Gasteiger partial charge in [-0.05, 0) is 48.9 Å². The lowest BCUT2D eigenvalue weighted by atomic mass is 9.57. The van der Waals surface area contributed by atoms with Crippen LogP contribution in [-0.4, -0.2) is 23.6 Å². The van der Waals surface area contributed by atoms with Crippen LogP contribution in [0.5, 0.6) is 0 Å². The highest BCUT2D eigenvalue weighted by atomic mass is 16.6. The molecule has 4 aliphatic rings. The van der Waals surface area contributed by atoms with E-state index in [0.717, 1.165) is 25.7 Å². The van der Waals surface area contributed by atoms with E-state index in [1.807, 2.05) is 0 Å². The van der Waals surface area contributed by atoms with Gasteiger partial charge in [-0.15, -0.1) is 0 Å². The van der Waals surface area contributed by atoms with Gasteiger partial charge < -0.3 is 9.47 Å². The number of esters is 2. The Bertz CT molecular complexity index is 640. The Kier molecular flexibility index (Phi) is 4.57. The third-order valence-corrected chi connectivity index (χ3v) is 7.34. The van der Waals surface area contributed by atoms with Crippen LogP contribution in [0.3, 0.4) is 0 Å². The lowest BCUT2D eigenvalue weighted by Gasteiger charge is -2.53. The molecule has 27 heavy (non-hydrogen) atoms. The van der Waals surface area contributed by atoms with Crippen LogP contribution in [0.4, 0.5) is 0 Å². The number of rotatable bonds is 3. The van der Waals surface area contributed by atoms with E-state index in [2.05, 4.69) is 55.4 Å². The molecule has 2 aliphatic carbocycles. The fourth-order valence-corrected chi connectivity index (χ4v) is 6.03. The molecule has 0 amide bonds. The van der Waals surface area contributed by atoms with Crippen LogP contribution in [0.25, 0.3) is 0 Å². The highest BCUT2D eigenvalue weighted by Gasteiger charge is 2.60. The molecule has 2 saturated carbocycles. The van der Waals surface area contributed by atoms with E-state index in [1.54, 1.807) is 0 Å². The first kappa shape index (κ1) is 20.7. The second kappa shape index (κ2) is 5.97. The van der Waals surface area contributed by atoms with Gasteiger partial charge in [-0.1, -0.05) is 48.5 Å². The molecule has 0 radical (unpaired) electrons. The van der Waals surface area contributed by atoms with E-state index in [0.29, 0.717) is 12.8 Å². The molecule has 4 bridgehead atoms. The highest BCUT2D eigenvalue weighted by molar-refractivity contribution is 5.78. The highest BCUT2D eigenvalue weighted by Crippen LogP contribution is 2.58. The lowest BCUT2D eigenvalue weighted by molar-refractivity contribution is -0.199. The van der Waals surface area contributed by atoms with Gasteiger partial charge in [-0.2, -0.15) is 0 Å². The molecule has 5 atom stereocenters. The zero-order valence-electron chi connectivity index (χ0n) is 18.5. The summed E-state index contributed by atoms with van der Waals surface area (Å²) in [4.78, 5) is 26.0. The van der Waals surface area contributed by atoms with Crippen molar-refractivity contribution < 1.29 is 19.1 Å². The molecule has 154 valence electrons. The van der Waals surface area contributed by atoms with Gasteiger partial charge in [0, 0.05) is 12.8 Å². The molecular formula is C23H38O4. The molecule has 0 aromatic carbocycles. The Hall–Kier alpha value is -1.06. The summed E-state index contributed by atoms with van der Waals surface area (Å²) in [6.07, 6.45) is 4.54. The van der Waals surface area contributed by atoms with E-state index in [1.165, 1.54) is 0 Å². The van der Waals surface area contributed by atoms with Crippen molar-refractivity contribution in [3.05, 3.63) is 0 Å². The molecule has 0 spiro atoms. The largest absolute Gasteiger partial charge is 0.462 e. The van der Waals surface area contributed by atoms with E-state index < -0.39 is 11.0 Å². The fraction of sp³-hybridized carbons (Fsp3) is 0.913. The minimum Gasteiger partial charge on any atom is -0.462 e. The molecule has 5 unspecified atom stereocenters. The van der Waals surface area contributed by atoms with Crippen molar-refractivity contribution in [1.82, 2.24) is 0 Å². The molecule has 4 nitrogen and oxygen atoms in total. The maximum Gasteiger partial charge on any atom is 0.312 e. The zero-order valence-corrected chi connectivity index (χ0v) is 18.5. The van der Waals surface area contributed by atoms with Crippen LogP contribution in [0.2, 0.25) is 0 Å². The van der Waals surface area contributed by atoms with E-state index in [4.69, 9.17) is 9.47 Å². The topological polar surface area (TPSA) is 52.6 Å². The van der Waals surface area contributed by atoms with Crippen LogP contribution >= 0.6 is 0 Å². The van der Waals surface area contributed by atoms with Gasteiger partial charge in [0.05, 0.1) is 11.3 Å². The number of fused-ring (bicyclic) bond motifs is 1. The SMILES string of the molecule is CC(C)(C)CC(C)(C(=O)OC12CC3CC(C)(CC(C1)C(=O)O3)C2)C(C)(C)C. The molecule has 4 fully saturated rings. The van der Waals surface area contributed by atoms with Crippen LogP contribution < -0.4 is 0 Å². The van der Waals surface area contributed by atoms with Gasteiger partial charge in [0.15, 0.2) is 0 Å². The Morgan fingerprint density at radius 2 is 1.70 bits per heavy atom. The summed E-state index contributed by atoms with van der Waals surface area (Å²) in [5, 5.41) is 0. The number of hydrogen-bond donors (Lipinski definition) is 0. The van der Waals surface area contributed by atoms with Crippen molar-refractivity contribution in [3.63, 3.8) is 0 Å². The van der Waals surface area contributed by atoms with Gasteiger partial charge in [0.2, 0.25) is 0 Å². The molecule has 4 rings (SSSR count). The molecule has 0 aromatic rings. The minimum atomic E-state index is -0.588. The fourth-order valence-electron chi connectivity index (χ4n) is 6.03. The Morgan fingerprint density at radius 1 is 1.07 bits per heavy atom. The first-order chi connectivity index (χ1) is 12.1. The Labute approximate surface area is 164 Å². The molecule has 2 saturated heterocycles. The number of ether oxygens (including phenoxy) is 2. The molecule has 4 heteroatoms. The summed E-state index contributed by atoms with van der Waals surface area (Å²) < 4.78 is 12.1. The third kappa shape index (κ3) is 3.78. The standard InChI is InChI=1S/C23H38O4/c1-19(2,3)13-22(8,20(4,5)6)18(25)27-23-10-15-9-21(7,14-23)11-16(12-23)26-17(15)24/h15-16H,9-14H2,1-8H3. The molecule has 0 aromatic heterocycles. The van der Waals surface area contributed by atoms with Gasteiger partial charge in [0.25, 0.3) is 0 Å². The Balaban J connectivity index is 1.91. The lowest BCUT2D eigenvalue weighted by Crippen LogP contribution is -2.55. The first-order valence-corrected chi connectivity index (χ1v) is 10.5. The van der Waals surface area contributed by atoms with E-state index in [9.17, 15) is 9.59 Å². The van der Waals surface area contributed by atoms with Crippen molar-refractivity contribution in [1.29, 1.82) is 0 Å². The maximum absolute atomic E-state index is 13.6. The van der Waals surface area contributed by atoms with Crippen LogP contribution in [0.15, 0.2) is 0 Å². The number of carbonyl (C=O) groups is 2. The molecule has 2 aliphatic heterocycles. The summed E-state index contributed by atoms with van der Waals surface area (Å²) in [6, 6.07) is 0. The van der Waals surface area contributed by atoms with Crippen LogP contribution in [0.1, 0.15) is 93.9 Å². The monoisotopic (exact) mass is 378 g/mol. The summed E-state index contributed by atoms with van der Waals surface area (Å²) >= 11 is 0. The predicted molar refractivity (Wildman–Crippen MR) is 105 cm³/mol. The molecular weight excluding hydrogens is 340 g/mol. The predicted octanol–water partition coefficient (Wildman–Crippen LogP) is 5.28. The summed E-state index contributed by atoms with van der Waals surface area (Å²) in [5.74, 6) is -0.329. The van der Waals surface area contributed by atoms with Gasteiger partial charge in [-0.25, -0.2) is 0 Å². The first-order valence-electron chi connectivity index (χ1n) is 10.5. The third-order valence-electron chi connectivity index (χ3n) is 7.34. The maximum atomic E-state index is 13.6. The zero-order chi connectivity index (χ0) is 20.5. The smallest absolute Gasteiger partial charge is 0.312 e. The van der Waals surface area contributed by atoms with Crippen LogP contribution in [0, 0.1) is 27.6 Å². The van der Waals surface area contributed by atoms with Gasteiger partial charge in [0.1, 0.15) is 11.7 Å². The summed E-state index contributed by atoms with van der Waals surface area (Å²) in [5.41, 5.74) is -1.31. The summed E-state index contributed by atoms with van der Waals surface area (Å²) in [7, 11) is 0.